The van der Waals surface area contributed by atoms with Crippen LogP contribution in [0.25, 0.3) is 0 Å². The van der Waals surface area contributed by atoms with Gasteiger partial charge in [0, 0.05) is 25.7 Å². The summed E-state index contributed by atoms with van der Waals surface area (Å²) in [4.78, 5) is 16.8. The number of halogens is 1. The van der Waals surface area contributed by atoms with E-state index in [9.17, 15) is 4.79 Å². The fourth-order valence-corrected chi connectivity index (χ4v) is 3.28. The predicted molar refractivity (Wildman–Crippen MR) is 71.5 cm³/mol. The summed E-state index contributed by atoms with van der Waals surface area (Å²) in [7, 11) is 0. The molecule has 1 aromatic rings. The molecular formula is C13H17BrN2O2. The number of hydrogen-bond acceptors (Lipinski definition) is 3. The van der Waals surface area contributed by atoms with Gasteiger partial charge >= 0.3 is 0 Å². The first-order chi connectivity index (χ1) is 8.74. The molecule has 1 aromatic heterocycles. The molecule has 0 aliphatic carbocycles. The zero-order chi connectivity index (χ0) is 12.5. The lowest BCUT2D eigenvalue weighted by Gasteiger charge is -2.25. The van der Waals surface area contributed by atoms with Gasteiger partial charge in [-0.1, -0.05) is 0 Å². The van der Waals surface area contributed by atoms with Gasteiger partial charge in [0.05, 0.1) is 0 Å². The fourth-order valence-electron chi connectivity index (χ4n) is 2.98. The van der Waals surface area contributed by atoms with Crippen LogP contribution in [-0.2, 0) is 0 Å². The molecule has 0 N–H and O–H groups in total. The molecule has 3 rings (SSSR count). The molecular weight excluding hydrogens is 296 g/mol. The topological polar surface area (TPSA) is 36.7 Å². The van der Waals surface area contributed by atoms with Gasteiger partial charge in [-0.25, -0.2) is 0 Å². The van der Waals surface area contributed by atoms with Crippen LogP contribution in [0, 0.1) is 0 Å². The smallest absolute Gasteiger partial charge is 0.289 e. The van der Waals surface area contributed by atoms with Crippen molar-refractivity contribution < 1.29 is 9.21 Å². The number of hydrogen-bond donors (Lipinski definition) is 0. The molecule has 98 valence electrons. The first-order valence-electron chi connectivity index (χ1n) is 6.53. The van der Waals surface area contributed by atoms with Crippen molar-refractivity contribution in [3.05, 3.63) is 22.6 Å². The second-order valence-corrected chi connectivity index (χ2v) is 5.82. The maximum absolute atomic E-state index is 12.3. The van der Waals surface area contributed by atoms with E-state index in [1.807, 2.05) is 4.90 Å². The average molecular weight is 313 g/mol. The van der Waals surface area contributed by atoms with E-state index in [1.165, 1.54) is 19.4 Å². The summed E-state index contributed by atoms with van der Waals surface area (Å²) in [5, 5.41) is 0. The van der Waals surface area contributed by atoms with Gasteiger partial charge in [0.15, 0.2) is 10.4 Å². The van der Waals surface area contributed by atoms with Crippen LogP contribution < -0.4 is 0 Å². The monoisotopic (exact) mass is 312 g/mol. The lowest BCUT2D eigenvalue weighted by molar-refractivity contribution is 0.0710. The quantitative estimate of drug-likeness (QED) is 0.798. The SMILES string of the molecule is O=C(c1ccc(Br)o1)N1CCCN2CCCC2C1. The zero-order valence-corrected chi connectivity index (χ0v) is 11.9. The lowest BCUT2D eigenvalue weighted by Crippen LogP contribution is -2.39. The number of carbonyl (C=O) groups excluding carboxylic acids is 1. The van der Waals surface area contributed by atoms with Crippen LogP contribution in [0.2, 0.25) is 0 Å². The van der Waals surface area contributed by atoms with E-state index in [4.69, 9.17) is 4.42 Å². The highest BCUT2D eigenvalue weighted by Crippen LogP contribution is 2.23. The minimum atomic E-state index is 0.0226. The van der Waals surface area contributed by atoms with E-state index in [2.05, 4.69) is 20.8 Å². The Morgan fingerprint density at radius 1 is 1.28 bits per heavy atom. The van der Waals surface area contributed by atoms with Crippen molar-refractivity contribution in [1.82, 2.24) is 9.80 Å². The third-order valence-electron chi connectivity index (χ3n) is 3.87. The van der Waals surface area contributed by atoms with Crippen LogP contribution >= 0.6 is 15.9 Å². The maximum atomic E-state index is 12.3. The first kappa shape index (κ1) is 12.2. The molecule has 1 unspecified atom stereocenters. The van der Waals surface area contributed by atoms with Crippen molar-refractivity contribution in [2.75, 3.05) is 26.2 Å². The Morgan fingerprint density at radius 2 is 2.11 bits per heavy atom. The standard InChI is InChI=1S/C13H17BrN2O2/c14-12-5-4-11(18-12)13(17)16-8-2-7-15-6-1-3-10(15)9-16/h4-5,10H,1-3,6-9H2. The van der Waals surface area contributed by atoms with Gasteiger partial charge in [-0.05, 0) is 53.9 Å². The zero-order valence-electron chi connectivity index (χ0n) is 10.3. The number of amides is 1. The van der Waals surface area contributed by atoms with Crippen LogP contribution in [0.15, 0.2) is 21.2 Å². The summed E-state index contributed by atoms with van der Waals surface area (Å²) in [5.74, 6) is 0.461. The van der Waals surface area contributed by atoms with Gasteiger partial charge < -0.3 is 9.32 Å². The highest BCUT2D eigenvalue weighted by atomic mass is 79.9. The van der Waals surface area contributed by atoms with Gasteiger partial charge in [0.1, 0.15) is 0 Å². The highest BCUT2D eigenvalue weighted by Gasteiger charge is 2.31. The number of rotatable bonds is 1. The second-order valence-electron chi connectivity index (χ2n) is 5.04. The molecule has 18 heavy (non-hydrogen) atoms. The normalized spacial score (nSPS) is 24.9. The molecule has 1 amide bonds. The van der Waals surface area contributed by atoms with E-state index in [0.29, 0.717) is 16.5 Å². The third-order valence-corrected chi connectivity index (χ3v) is 4.30. The Kier molecular flexibility index (Phi) is 3.43. The Balaban J connectivity index is 1.73. The highest BCUT2D eigenvalue weighted by molar-refractivity contribution is 9.10. The van der Waals surface area contributed by atoms with Crippen molar-refractivity contribution in [3.8, 4) is 0 Å². The maximum Gasteiger partial charge on any atom is 0.289 e. The van der Waals surface area contributed by atoms with E-state index in [0.717, 1.165) is 26.1 Å². The summed E-state index contributed by atoms with van der Waals surface area (Å²) in [5.41, 5.74) is 0. The van der Waals surface area contributed by atoms with Crippen molar-refractivity contribution in [2.24, 2.45) is 0 Å². The lowest BCUT2D eigenvalue weighted by atomic mass is 10.2. The van der Waals surface area contributed by atoms with Gasteiger partial charge in [-0.3, -0.25) is 9.69 Å². The number of nitrogens with zero attached hydrogens (tertiary/aromatic N) is 2. The predicted octanol–water partition coefficient (Wildman–Crippen LogP) is 2.35. The van der Waals surface area contributed by atoms with Crippen LogP contribution in [0.5, 0.6) is 0 Å². The molecule has 3 heterocycles. The summed E-state index contributed by atoms with van der Waals surface area (Å²) >= 11 is 3.24. The van der Waals surface area contributed by atoms with Crippen LogP contribution in [0.3, 0.4) is 0 Å². The minimum Gasteiger partial charge on any atom is -0.444 e. The van der Waals surface area contributed by atoms with E-state index < -0.39 is 0 Å². The summed E-state index contributed by atoms with van der Waals surface area (Å²) < 4.78 is 5.98. The number of furan rings is 1. The van der Waals surface area contributed by atoms with E-state index in [-0.39, 0.29) is 5.91 Å². The fraction of sp³-hybridized carbons (Fsp3) is 0.615. The van der Waals surface area contributed by atoms with E-state index >= 15 is 0 Å². The van der Waals surface area contributed by atoms with E-state index in [1.54, 1.807) is 12.1 Å². The molecule has 0 radical (unpaired) electrons. The largest absolute Gasteiger partial charge is 0.444 e. The summed E-state index contributed by atoms with van der Waals surface area (Å²) in [6.45, 7) is 4.00. The average Bonchev–Trinajstić information content (AvgIpc) is 2.93. The Bertz CT molecular complexity index is 446. The number of carbonyl (C=O) groups is 1. The van der Waals surface area contributed by atoms with Crippen LogP contribution in [0.4, 0.5) is 0 Å². The van der Waals surface area contributed by atoms with Crippen molar-refractivity contribution in [3.63, 3.8) is 0 Å². The van der Waals surface area contributed by atoms with Gasteiger partial charge in [-0.15, -0.1) is 0 Å². The van der Waals surface area contributed by atoms with Gasteiger partial charge in [-0.2, -0.15) is 0 Å². The second kappa shape index (κ2) is 5.05. The van der Waals surface area contributed by atoms with Crippen molar-refractivity contribution in [1.29, 1.82) is 0 Å². The molecule has 0 spiro atoms. The molecule has 0 saturated carbocycles. The number of fused-ring (bicyclic) bond motifs is 1. The van der Waals surface area contributed by atoms with Gasteiger partial charge in [0.25, 0.3) is 5.91 Å². The Morgan fingerprint density at radius 3 is 2.89 bits per heavy atom. The van der Waals surface area contributed by atoms with Crippen molar-refractivity contribution >= 4 is 21.8 Å². The van der Waals surface area contributed by atoms with Crippen LogP contribution in [0.1, 0.15) is 29.8 Å². The Labute approximate surface area is 115 Å². The molecule has 2 aliphatic heterocycles. The molecule has 2 saturated heterocycles. The minimum absolute atomic E-state index is 0.0226. The summed E-state index contributed by atoms with van der Waals surface area (Å²) in [6.07, 6.45) is 3.54. The molecule has 4 nitrogen and oxygen atoms in total. The van der Waals surface area contributed by atoms with Gasteiger partial charge in [0.2, 0.25) is 0 Å². The molecule has 2 aliphatic rings. The van der Waals surface area contributed by atoms with Crippen LogP contribution in [-0.4, -0.2) is 47.9 Å². The molecule has 5 heteroatoms. The molecule has 1 atom stereocenters. The Hall–Kier alpha value is -0.810. The third kappa shape index (κ3) is 2.34. The molecule has 0 bridgehead atoms. The molecule has 2 fully saturated rings. The summed E-state index contributed by atoms with van der Waals surface area (Å²) in [6, 6.07) is 4.06. The van der Waals surface area contributed by atoms with Crippen molar-refractivity contribution in [2.45, 2.75) is 25.3 Å². The first-order valence-corrected chi connectivity index (χ1v) is 7.32. The molecule has 0 aromatic carbocycles.